The highest BCUT2D eigenvalue weighted by atomic mass is 32.2. The van der Waals surface area contributed by atoms with Crippen LogP contribution in [-0.2, 0) is 6.54 Å². The molecule has 1 saturated carbocycles. The van der Waals surface area contributed by atoms with E-state index in [1.165, 1.54) is 37.2 Å². The van der Waals surface area contributed by atoms with E-state index in [2.05, 4.69) is 26.7 Å². The third kappa shape index (κ3) is 4.38. The van der Waals surface area contributed by atoms with Crippen molar-refractivity contribution >= 4 is 17.7 Å². The Morgan fingerprint density at radius 3 is 2.66 bits per heavy atom. The van der Waals surface area contributed by atoms with Gasteiger partial charge in [0.25, 0.3) is 5.91 Å². The van der Waals surface area contributed by atoms with Crippen LogP contribution < -0.4 is 5.32 Å². The Morgan fingerprint density at radius 1 is 1.21 bits per heavy atom. The van der Waals surface area contributed by atoms with Gasteiger partial charge >= 0.3 is 0 Å². The van der Waals surface area contributed by atoms with Crippen LogP contribution in [-0.4, -0.2) is 57.0 Å². The first kappa shape index (κ1) is 20.5. The van der Waals surface area contributed by atoms with Crippen molar-refractivity contribution in [2.75, 3.05) is 31.1 Å². The van der Waals surface area contributed by atoms with E-state index in [0.29, 0.717) is 6.54 Å². The van der Waals surface area contributed by atoms with E-state index in [1.807, 2.05) is 49.1 Å². The van der Waals surface area contributed by atoms with E-state index in [1.54, 1.807) is 0 Å². The minimum atomic E-state index is 0.0584. The number of carbonyl (C=O) groups is 1. The molecule has 2 aliphatic rings. The van der Waals surface area contributed by atoms with Crippen molar-refractivity contribution in [3.05, 3.63) is 53.1 Å². The van der Waals surface area contributed by atoms with Gasteiger partial charge in [0.1, 0.15) is 0 Å². The Kier molecular flexibility index (Phi) is 6.30. The van der Waals surface area contributed by atoms with Gasteiger partial charge in [0, 0.05) is 54.3 Å². The molecule has 2 aromatic rings. The van der Waals surface area contributed by atoms with Crippen LogP contribution in [0.25, 0.3) is 0 Å². The highest BCUT2D eigenvalue weighted by molar-refractivity contribution is 7.99. The molecule has 1 aliphatic heterocycles. The fourth-order valence-electron chi connectivity index (χ4n) is 4.94. The molecule has 0 atom stereocenters. The van der Waals surface area contributed by atoms with Gasteiger partial charge in [0.2, 0.25) is 0 Å². The summed E-state index contributed by atoms with van der Waals surface area (Å²) in [5.41, 5.74) is 4.08. The van der Waals surface area contributed by atoms with Crippen LogP contribution in [0.4, 0.5) is 0 Å². The van der Waals surface area contributed by atoms with Gasteiger partial charge in [-0.15, -0.1) is 0 Å². The molecule has 0 spiro atoms. The van der Waals surface area contributed by atoms with Gasteiger partial charge in [-0.25, -0.2) is 0 Å². The minimum Gasteiger partial charge on any atom is -0.350 e. The first-order valence-corrected chi connectivity index (χ1v) is 11.9. The number of amides is 1. The number of nitrogens with one attached hydrogen (secondary N) is 1. The molecule has 4 rings (SSSR count). The van der Waals surface area contributed by atoms with E-state index in [-0.39, 0.29) is 11.4 Å². The maximum Gasteiger partial charge on any atom is 0.253 e. The highest BCUT2D eigenvalue weighted by Crippen LogP contribution is 2.36. The summed E-state index contributed by atoms with van der Waals surface area (Å²) < 4.78 is 2.18. The Balaban J connectivity index is 1.46. The number of hydrogen-bond donors (Lipinski definition) is 1. The number of aromatic nitrogens is 2. The SMILES string of the molecule is Cc1cc(C(=O)NCC2(N3CCSCC3)CCCC2)c(C)n1Cc1ccccn1. The van der Waals surface area contributed by atoms with Crippen LogP contribution >= 0.6 is 11.8 Å². The minimum absolute atomic E-state index is 0.0584. The number of nitrogens with zero attached hydrogens (tertiary/aromatic N) is 3. The molecule has 2 aromatic heterocycles. The molecule has 0 bridgehead atoms. The van der Waals surface area contributed by atoms with Crippen molar-refractivity contribution in [1.29, 1.82) is 0 Å². The molecule has 1 saturated heterocycles. The van der Waals surface area contributed by atoms with Crippen LogP contribution in [0.2, 0.25) is 0 Å². The van der Waals surface area contributed by atoms with Gasteiger partial charge in [-0.3, -0.25) is 14.7 Å². The largest absolute Gasteiger partial charge is 0.350 e. The average molecular weight is 413 g/mol. The van der Waals surface area contributed by atoms with Gasteiger partial charge < -0.3 is 9.88 Å². The summed E-state index contributed by atoms with van der Waals surface area (Å²) in [7, 11) is 0. The van der Waals surface area contributed by atoms with Gasteiger partial charge in [0.05, 0.1) is 17.8 Å². The van der Waals surface area contributed by atoms with Crippen LogP contribution in [0.1, 0.15) is 53.1 Å². The Bertz CT molecular complexity index is 836. The van der Waals surface area contributed by atoms with E-state index >= 15 is 0 Å². The van der Waals surface area contributed by atoms with Gasteiger partial charge in [0.15, 0.2) is 0 Å². The number of rotatable bonds is 6. The van der Waals surface area contributed by atoms with E-state index in [4.69, 9.17) is 0 Å². The lowest BCUT2D eigenvalue weighted by Crippen LogP contribution is -2.56. The maximum absolute atomic E-state index is 13.1. The van der Waals surface area contributed by atoms with Gasteiger partial charge in [-0.05, 0) is 44.9 Å². The van der Waals surface area contributed by atoms with Crippen molar-refractivity contribution in [3.63, 3.8) is 0 Å². The summed E-state index contributed by atoms with van der Waals surface area (Å²) in [5, 5.41) is 3.31. The van der Waals surface area contributed by atoms with Crippen molar-refractivity contribution in [2.24, 2.45) is 0 Å². The molecule has 29 heavy (non-hydrogen) atoms. The molecular weight excluding hydrogens is 380 g/mol. The molecule has 1 aliphatic carbocycles. The third-order valence-electron chi connectivity index (χ3n) is 6.66. The number of thioether (sulfide) groups is 1. The third-order valence-corrected chi connectivity index (χ3v) is 7.60. The molecular formula is C23H32N4OS. The molecule has 1 amide bonds. The van der Waals surface area contributed by atoms with Crippen LogP contribution in [0.15, 0.2) is 30.5 Å². The van der Waals surface area contributed by atoms with Crippen molar-refractivity contribution < 1.29 is 4.79 Å². The van der Waals surface area contributed by atoms with Crippen molar-refractivity contribution in [2.45, 2.75) is 51.6 Å². The second-order valence-corrected chi connectivity index (χ2v) is 9.63. The number of hydrogen-bond acceptors (Lipinski definition) is 4. The Morgan fingerprint density at radius 2 is 1.97 bits per heavy atom. The summed E-state index contributed by atoms with van der Waals surface area (Å²) in [6.45, 7) is 7.87. The Hall–Kier alpha value is -1.79. The Labute approximate surface area is 178 Å². The maximum atomic E-state index is 13.1. The quantitative estimate of drug-likeness (QED) is 0.787. The summed E-state index contributed by atoms with van der Waals surface area (Å²) in [6, 6.07) is 7.98. The first-order chi connectivity index (χ1) is 14.1. The molecule has 5 nitrogen and oxygen atoms in total. The zero-order valence-electron chi connectivity index (χ0n) is 17.6. The summed E-state index contributed by atoms with van der Waals surface area (Å²) in [5.74, 6) is 2.48. The van der Waals surface area contributed by atoms with E-state index < -0.39 is 0 Å². The fourth-order valence-corrected chi connectivity index (χ4v) is 5.85. The molecule has 6 heteroatoms. The molecule has 0 aromatic carbocycles. The van der Waals surface area contributed by atoms with Crippen LogP contribution in [0.3, 0.4) is 0 Å². The predicted octanol–water partition coefficient (Wildman–Crippen LogP) is 3.64. The lowest BCUT2D eigenvalue weighted by Gasteiger charge is -2.43. The molecule has 1 N–H and O–H groups in total. The van der Waals surface area contributed by atoms with Gasteiger partial charge in [-0.2, -0.15) is 11.8 Å². The smallest absolute Gasteiger partial charge is 0.253 e. The predicted molar refractivity (Wildman–Crippen MR) is 120 cm³/mol. The normalized spacial score (nSPS) is 19.4. The number of pyridine rings is 1. The van der Waals surface area contributed by atoms with Crippen molar-refractivity contribution in [3.8, 4) is 0 Å². The summed E-state index contributed by atoms with van der Waals surface area (Å²) >= 11 is 2.05. The lowest BCUT2D eigenvalue weighted by molar-refractivity contribution is 0.0817. The van der Waals surface area contributed by atoms with Gasteiger partial charge in [-0.1, -0.05) is 18.9 Å². The first-order valence-electron chi connectivity index (χ1n) is 10.8. The standard InChI is InChI=1S/C23H32N4OS/c1-18-15-21(19(2)27(18)16-20-7-3-6-10-24-20)22(28)25-17-23(8-4-5-9-23)26-11-13-29-14-12-26/h3,6-7,10,15H,4-5,8-9,11-14,16-17H2,1-2H3,(H,25,28). The average Bonchev–Trinajstić information content (AvgIpc) is 3.35. The zero-order valence-corrected chi connectivity index (χ0v) is 18.4. The second-order valence-electron chi connectivity index (χ2n) is 8.41. The lowest BCUT2D eigenvalue weighted by atomic mass is 9.94. The summed E-state index contributed by atoms with van der Waals surface area (Å²) in [4.78, 5) is 20.2. The van der Waals surface area contributed by atoms with Crippen LogP contribution in [0.5, 0.6) is 0 Å². The topological polar surface area (TPSA) is 50.2 Å². The highest BCUT2D eigenvalue weighted by Gasteiger charge is 2.40. The molecule has 0 unspecified atom stereocenters. The number of aryl methyl sites for hydroxylation is 1. The monoisotopic (exact) mass is 412 g/mol. The molecule has 3 heterocycles. The molecule has 0 radical (unpaired) electrons. The van der Waals surface area contributed by atoms with E-state index in [0.717, 1.165) is 42.3 Å². The van der Waals surface area contributed by atoms with Crippen LogP contribution in [0, 0.1) is 13.8 Å². The molecule has 2 fully saturated rings. The van der Waals surface area contributed by atoms with Crippen molar-refractivity contribution in [1.82, 2.24) is 19.8 Å². The van der Waals surface area contributed by atoms with E-state index in [9.17, 15) is 4.79 Å². The fraction of sp³-hybridized carbons (Fsp3) is 0.565. The number of carbonyl (C=O) groups excluding carboxylic acids is 1. The summed E-state index contributed by atoms with van der Waals surface area (Å²) in [6.07, 6.45) is 6.78. The second kappa shape index (κ2) is 8.92. The zero-order chi connectivity index (χ0) is 20.3. The molecule has 156 valence electrons.